The maximum absolute atomic E-state index is 12.5. The zero-order chi connectivity index (χ0) is 20.9. The van der Waals surface area contributed by atoms with E-state index in [-0.39, 0.29) is 5.91 Å². The lowest BCUT2D eigenvalue weighted by atomic mass is 9.84. The van der Waals surface area contributed by atoms with Crippen molar-refractivity contribution in [2.45, 2.75) is 45.4 Å². The van der Waals surface area contributed by atoms with Crippen LogP contribution in [0.5, 0.6) is 5.75 Å². The third-order valence-electron chi connectivity index (χ3n) is 5.83. The van der Waals surface area contributed by atoms with Gasteiger partial charge in [0.2, 0.25) is 0 Å². The number of amides is 1. The maximum Gasteiger partial charge on any atom is 0.283 e. The predicted molar refractivity (Wildman–Crippen MR) is 116 cm³/mol. The molecule has 0 atom stereocenters. The lowest BCUT2D eigenvalue weighted by Crippen LogP contribution is -2.28. The van der Waals surface area contributed by atoms with Crippen molar-refractivity contribution in [2.75, 3.05) is 0 Å². The maximum atomic E-state index is 12.5. The van der Waals surface area contributed by atoms with E-state index in [0.717, 1.165) is 28.8 Å². The van der Waals surface area contributed by atoms with Gasteiger partial charge in [-0.3, -0.25) is 14.5 Å². The highest BCUT2D eigenvalue weighted by molar-refractivity contribution is 5.93. The lowest BCUT2D eigenvalue weighted by molar-refractivity contribution is 0.0756. The summed E-state index contributed by atoms with van der Waals surface area (Å²) in [6.45, 7) is 1.99. The molecule has 1 aromatic carbocycles. The second-order valence-electron chi connectivity index (χ2n) is 8.10. The minimum absolute atomic E-state index is 0.265. The van der Waals surface area contributed by atoms with Gasteiger partial charge in [0.1, 0.15) is 0 Å². The Morgan fingerprint density at radius 3 is 2.63 bits per heavy atom. The van der Waals surface area contributed by atoms with Crippen molar-refractivity contribution in [1.82, 2.24) is 20.2 Å². The fourth-order valence-corrected chi connectivity index (χ4v) is 4.22. The molecule has 156 valence electrons. The lowest BCUT2D eigenvalue weighted by Gasteiger charge is -2.23. The Balaban J connectivity index is 1.62. The molecule has 0 unspecified atom stereocenters. The number of pyridine rings is 1. The fourth-order valence-electron chi connectivity index (χ4n) is 4.22. The van der Waals surface area contributed by atoms with E-state index in [1.54, 1.807) is 23.0 Å². The van der Waals surface area contributed by atoms with Crippen LogP contribution in [-0.2, 0) is 13.5 Å². The Morgan fingerprint density at radius 1 is 1.17 bits per heavy atom. The van der Waals surface area contributed by atoms with Crippen LogP contribution < -0.4 is 10.3 Å². The van der Waals surface area contributed by atoms with E-state index in [4.69, 9.17) is 9.82 Å². The van der Waals surface area contributed by atoms with Crippen LogP contribution in [0.15, 0.2) is 48.9 Å². The Labute approximate surface area is 177 Å². The number of aromatic nitrogens is 3. The summed E-state index contributed by atoms with van der Waals surface area (Å²) in [5.41, 5.74) is 6.89. The number of nitrogens with one attached hydrogen (secondary N) is 1. The normalized spacial score (nSPS) is 14.5. The molecule has 1 aliphatic carbocycles. The smallest absolute Gasteiger partial charge is 0.283 e. The highest BCUT2D eigenvalue weighted by Gasteiger charge is 2.21. The van der Waals surface area contributed by atoms with Gasteiger partial charge in [-0.2, -0.15) is 10.6 Å². The van der Waals surface area contributed by atoms with Gasteiger partial charge in [-0.15, -0.1) is 0 Å². The summed E-state index contributed by atoms with van der Waals surface area (Å²) >= 11 is 0. The highest BCUT2D eigenvalue weighted by atomic mass is 16.7. The molecule has 1 saturated carbocycles. The molecule has 4 rings (SSSR count). The number of carbonyl (C=O) groups is 1. The summed E-state index contributed by atoms with van der Waals surface area (Å²) < 4.78 is 1.75. The first kappa shape index (κ1) is 20.1. The topological polar surface area (TPSA) is 69.0 Å². The van der Waals surface area contributed by atoms with E-state index in [2.05, 4.69) is 10.6 Å². The van der Waals surface area contributed by atoms with Crippen LogP contribution in [-0.4, -0.2) is 20.7 Å². The molecule has 3 aromatic rings. The van der Waals surface area contributed by atoms with Gasteiger partial charge in [0.05, 0.1) is 11.9 Å². The quantitative estimate of drug-likeness (QED) is 0.608. The first-order valence-electron chi connectivity index (χ1n) is 10.6. The Bertz CT molecular complexity index is 1010. The third-order valence-corrected chi connectivity index (χ3v) is 5.83. The van der Waals surface area contributed by atoms with Crippen LogP contribution in [0, 0.1) is 12.8 Å². The summed E-state index contributed by atoms with van der Waals surface area (Å²) in [5.74, 6) is 1.06. The Morgan fingerprint density at radius 2 is 1.93 bits per heavy atom. The van der Waals surface area contributed by atoms with Gasteiger partial charge in [-0.25, -0.2) is 0 Å². The molecule has 2 heterocycles. The molecule has 6 nitrogen and oxygen atoms in total. The number of carbonyl (C=O) groups excluding carboxylic acids is 1. The first-order chi connectivity index (χ1) is 14.6. The van der Waals surface area contributed by atoms with Gasteiger partial charge in [0, 0.05) is 41.7 Å². The molecule has 0 spiro atoms. The van der Waals surface area contributed by atoms with Crippen LogP contribution in [0.4, 0.5) is 0 Å². The number of rotatable bonds is 6. The van der Waals surface area contributed by atoms with Gasteiger partial charge in [0.25, 0.3) is 5.91 Å². The number of aryl methyl sites for hydroxylation is 1. The molecule has 1 aliphatic rings. The number of nitrogens with zero attached hydrogens (tertiary/aromatic N) is 3. The molecule has 1 fully saturated rings. The second kappa shape index (κ2) is 9.11. The summed E-state index contributed by atoms with van der Waals surface area (Å²) in [6, 6.07) is 9.08. The van der Waals surface area contributed by atoms with E-state index < -0.39 is 0 Å². The second-order valence-corrected chi connectivity index (χ2v) is 8.10. The van der Waals surface area contributed by atoms with Crippen molar-refractivity contribution in [3.63, 3.8) is 0 Å². The van der Waals surface area contributed by atoms with E-state index in [1.807, 2.05) is 44.6 Å². The van der Waals surface area contributed by atoms with Gasteiger partial charge in [-0.05, 0) is 31.4 Å². The largest absolute Gasteiger partial charge is 0.379 e. The van der Waals surface area contributed by atoms with E-state index in [0.29, 0.717) is 17.2 Å². The molecule has 0 radical (unpaired) electrons. The van der Waals surface area contributed by atoms with Crippen LogP contribution in [0.1, 0.15) is 53.6 Å². The first-order valence-corrected chi connectivity index (χ1v) is 10.6. The van der Waals surface area contributed by atoms with Crippen molar-refractivity contribution in [2.24, 2.45) is 13.0 Å². The van der Waals surface area contributed by atoms with Gasteiger partial charge in [0.15, 0.2) is 5.75 Å². The van der Waals surface area contributed by atoms with E-state index >= 15 is 0 Å². The number of hydroxylamine groups is 1. The Hall–Kier alpha value is -3.15. The minimum Gasteiger partial charge on any atom is -0.379 e. The average Bonchev–Trinajstić information content (AvgIpc) is 3.20. The summed E-state index contributed by atoms with van der Waals surface area (Å²) in [5, 5.41) is 4.26. The highest BCUT2D eigenvalue weighted by Crippen LogP contribution is 2.35. The van der Waals surface area contributed by atoms with Crippen molar-refractivity contribution < 1.29 is 9.63 Å². The SMILES string of the molecule is Cc1c(-c2cnn(C)c2)ncc(CC2CCCCC2)c1ONC(=O)c1ccccc1. The molecule has 0 aliphatic heterocycles. The van der Waals surface area contributed by atoms with Gasteiger partial charge in [-0.1, -0.05) is 50.3 Å². The minimum atomic E-state index is -0.265. The Kier molecular flexibility index (Phi) is 6.12. The number of benzene rings is 1. The monoisotopic (exact) mass is 404 g/mol. The summed E-state index contributed by atoms with van der Waals surface area (Å²) in [6.07, 6.45) is 12.9. The molecule has 30 heavy (non-hydrogen) atoms. The molecule has 1 N–H and O–H groups in total. The predicted octanol–water partition coefficient (Wildman–Crippen LogP) is 4.64. The van der Waals surface area contributed by atoms with Crippen LogP contribution in [0.2, 0.25) is 0 Å². The van der Waals surface area contributed by atoms with Crippen LogP contribution in [0.3, 0.4) is 0 Å². The summed E-state index contributed by atoms with van der Waals surface area (Å²) in [4.78, 5) is 23.2. The van der Waals surface area contributed by atoms with E-state index in [1.165, 1.54) is 32.1 Å². The molecular formula is C24H28N4O2. The third kappa shape index (κ3) is 4.53. The molecule has 0 saturated heterocycles. The molecule has 0 bridgehead atoms. The summed E-state index contributed by atoms with van der Waals surface area (Å²) in [7, 11) is 1.88. The number of hydrogen-bond acceptors (Lipinski definition) is 4. The van der Waals surface area contributed by atoms with Gasteiger partial charge < -0.3 is 4.84 Å². The van der Waals surface area contributed by atoms with Crippen molar-refractivity contribution in [3.8, 4) is 17.0 Å². The van der Waals surface area contributed by atoms with Crippen molar-refractivity contribution >= 4 is 5.91 Å². The van der Waals surface area contributed by atoms with Crippen molar-refractivity contribution in [1.29, 1.82) is 0 Å². The van der Waals surface area contributed by atoms with E-state index in [9.17, 15) is 4.79 Å². The zero-order valence-corrected chi connectivity index (χ0v) is 17.6. The van der Waals surface area contributed by atoms with Crippen LogP contribution >= 0.6 is 0 Å². The number of hydrogen-bond donors (Lipinski definition) is 1. The van der Waals surface area contributed by atoms with Crippen LogP contribution in [0.25, 0.3) is 11.3 Å². The molecule has 2 aromatic heterocycles. The molecule has 6 heteroatoms. The van der Waals surface area contributed by atoms with Gasteiger partial charge >= 0.3 is 0 Å². The molecule has 1 amide bonds. The van der Waals surface area contributed by atoms with Crippen molar-refractivity contribution in [3.05, 3.63) is 65.6 Å². The average molecular weight is 405 g/mol. The molecular weight excluding hydrogens is 376 g/mol. The standard InChI is InChI=1S/C24H28N4O2/c1-17-22(21-15-26-28(2)16-21)25-14-20(13-18-9-5-3-6-10-18)23(17)30-27-24(29)19-11-7-4-8-12-19/h4,7-8,11-12,14-16,18H,3,5-6,9-10,13H2,1-2H3,(H,27,29). The zero-order valence-electron chi connectivity index (χ0n) is 17.6. The fraction of sp³-hybridized carbons (Fsp3) is 0.375.